The highest BCUT2D eigenvalue weighted by Gasteiger charge is 2.21. The molecule has 1 aliphatic heterocycles. The first-order valence-corrected chi connectivity index (χ1v) is 3.88. The van der Waals surface area contributed by atoms with Gasteiger partial charge < -0.3 is 15.4 Å². The first kappa shape index (κ1) is 7.79. The Morgan fingerprint density at radius 3 is 2.75 bits per heavy atom. The lowest BCUT2D eigenvalue weighted by molar-refractivity contribution is 0.318. The summed E-state index contributed by atoms with van der Waals surface area (Å²) in [5.41, 5.74) is 0.446. The summed E-state index contributed by atoms with van der Waals surface area (Å²) in [5.74, 6) is 0. The average Bonchev–Trinajstić information content (AvgIpc) is 2.32. The predicted octanol–water partition coefficient (Wildman–Crippen LogP) is -2.29. The summed E-state index contributed by atoms with van der Waals surface area (Å²) in [7, 11) is -1.41. The van der Waals surface area contributed by atoms with Crippen LogP contribution in [0.4, 0.5) is 0 Å². The van der Waals surface area contributed by atoms with E-state index in [1.165, 1.54) is 6.20 Å². The van der Waals surface area contributed by atoms with Crippen LogP contribution in [0.1, 0.15) is 6.04 Å². The van der Waals surface area contributed by atoms with Crippen LogP contribution < -0.4 is 10.8 Å². The lowest BCUT2D eigenvalue weighted by Gasteiger charge is -2.27. The van der Waals surface area contributed by atoms with Gasteiger partial charge in [-0.1, -0.05) is 0 Å². The van der Waals surface area contributed by atoms with Crippen molar-refractivity contribution in [3.8, 4) is 0 Å². The number of hydrogen-bond acceptors (Lipinski definition) is 4. The normalized spacial score (nSPS) is 17.5. The maximum absolute atomic E-state index is 8.80. The molecule has 2 heterocycles. The van der Waals surface area contributed by atoms with Crippen molar-refractivity contribution >= 4 is 12.6 Å². The second-order valence-corrected chi connectivity index (χ2v) is 2.94. The van der Waals surface area contributed by atoms with E-state index in [1.807, 2.05) is 0 Å². The van der Waals surface area contributed by atoms with E-state index in [1.54, 1.807) is 10.9 Å². The second-order valence-electron chi connectivity index (χ2n) is 2.94. The van der Waals surface area contributed by atoms with Gasteiger partial charge in [0.1, 0.15) is 0 Å². The Hall–Kier alpha value is -0.845. The molecule has 1 aromatic rings. The number of rotatable bonds is 2. The number of nitrogens with one attached hydrogen (secondary N) is 1. The molecule has 0 aliphatic carbocycles. The summed E-state index contributed by atoms with van der Waals surface area (Å²) >= 11 is 0. The van der Waals surface area contributed by atoms with Crippen LogP contribution in [0.2, 0.25) is 0 Å². The minimum atomic E-state index is -1.41. The van der Waals surface area contributed by atoms with E-state index >= 15 is 0 Å². The first-order chi connectivity index (χ1) is 5.77. The van der Waals surface area contributed by atoms with Crippen molar-refractivity contribution in [2.75, 3.05) is 13.1 Å². The molecule has 12 heavy (non-hydrogen) atoms. The lowest BCUT2D eigenvalue weighted by atomic mass is 9.83. The van der Waals surface area contributed by atoms with Gasteiger partial charge in [-0.05, 0) is 0 Å². The largest absolute Gasteiger partial charge is 0.491 e. The summed E-state index contributed by atoms with van der Waals surface area (Å²) in [6.45, 7) is 1.81. The van der Waals surface area contributed by atoms with Crippen LogP contribution in [0.15, 0.2) is 12.4 Å². The summed E-state index contributed by atoms with van der Waals surface area (Å²) in [4.78, 5) is 0. The van der Waals surface area contributed by atoms with E-state index in [0.717, 1.165) is 13.1 Å². The molecular formula is C6H10BN3O2. The van der Waals surface area contributed by atoms with Crippen molar-refractivity contribution in [1.29, 1.82) is 0 Å². The van der Waals surface area contributed by atoms with E-state index in [2.05, 4.69) is 10.4 Å². The molecule has 1 fully saturated rings. The fourth-order valence-electron chi connectivity index (χ4n) is 1.15. The Morgan fingerprint density at radius 1 is 1.58 bits per heavy atom. The average molecular weight is 167 g/mol. The third-order valence-corrected chi connectivity index (χ3v) is 2.05. The van der Waals surface area contributed by atoms with Crippen LogP contribution in [0.25, 0.3) is 0 Å². The van der Waals surface area contributed by atoms with Crippen LogP contribution in [0.5, 0.6) is 0 Å². The van der Waals surface area contributed by atoms with Gasteiger partial charge in [-0.2, -0.15) is 5.10 Å². The predicted molar refractivity (Wildman–Crippen MR) is 44.0 cm³/mol. The second kappa shape index (κ2) is 2.89. The Kier molecular flexibility index (Phi) is 1.88. The molecule has 1 aromatic heterocycles. The summed E-state index contributed by atoms with van der Waals surface area (Å²) in [5, 5.41) is 24.7. The molecule has 3 N–H and O–H groups in total. The molecule has 0 spiro atoms. The summed E-state index contributed by atoms with van der Waals surface area (Å²) in [6, 6.07) is 0.373. The standard InChI is InChI=1S/C6H10BN3O2/c11-7(12)5-1-9-10(4-5)6-2-8-3-6/h1,4,6,8,11-12H,2-3H2. The SMILES string of the molecule is OB(O)c1cnn(C2CNC2)c1. The molecule has 0 aromatic carbocycles. The zero-order valence-electron chi connectivity index (χ0n) is 6.51. The highest BCUT2D eigenvalue weighted by Crippen LogP contribution is 2.07. The maximum Gasteiger partial charge on any atom is 0.491 e. The van der Waals surface area contributed by atoms with Crippen LogP contribution in [-0.4, -0.2) is 40.0 Å². The number of hydrogen-bond donors (Lipinski definition) is 3. The minimum absolute atomic E-state index is 0.373. The maximum atomic E-state index is 8.80. The van der Waals surface area contributed by atoms with Crippen molar-refractivity contribution in [2.45, 2.75) is 6.04 Å². The smallest absolute Gasteiger partial charge is 0.423 e. The van der Waals surface area contributed by atoms with Gasteiger partial charge >= 0.3 is 7.12 Å². The molecule has 0 amide bonds. The van der Waals surface area contributed by atoms with Gasteiger partial charge in [0.05, 0.1) is 6.04 Å². The van der Waals surface area contributed by atoms with E-state index in [9.17, 15) is 0 Å². The molecule has 0 radical (unpaired) electrons. The molecule has 2 rings (SSSR count). The molecular weight excluding hydrogens is 157 g/mol. The number of aromatic nitrogens is 2. The molecule has 0 bridgehead atoms. The number of nitrogens with zero attached hydrogens (tertiary/aromatic N) is 2. The molecule has 0 unspecified atom stereocenters. The molecule has 5 nitrogen and oxygen atoms in total. The highest BCUT2D eigenvalue weighted by atomic mass is 16.4. The minimum Gasteiger partial charge on any atom is -0.423 e. The van der Waals surface area contributed by atoms with E-state index in [0.29, 0.717) is 11.5 Å². The van der Waals surface area contributed by atoms with E-state index in [-0.39, 0.29) is 0 Å². The van der Waals surface area contributed by atoms with Gasteiger partial charge in [-0.25, -0.2) is 0 Å². The fourth-order valence-corrected chi connectivity index (χ4v) is 1.15. The molecule has 64 valence electrons. The van der Waals surface area contributed by atoms with Crippen LogP contribution in [-0.2, 0) is 0 Å². The van der Waals surface area contributed by atoms with Crippen LogP contribution >= 0.6 is 0 Å². The Labute approximate surface area is 70.2 Å². The Balaban J connectivity index is 2.12. The molecule has 6 heteroatoms. The van der Waals surface area contributed by atoms with Crippen LogP contribution in [0, 0.1) is 0 Å². The third kappa shape index (κ3) is 1.24. The van der Waals surface area contributed by atoms with Gasteiger partial charge in [0.2, 0.25) is 0 Å². The van der Waals surface area contributed by atoms with Crippen LogP contribution in [0.3, 0.4) is 0 Å². The first-order valence-electron chi connectivity index (χ1n) is 3.88. The molecule has 1 aliphatic rings. The lowest BCUT2D eigenvalue weighted by Crippen LogP contribution is -2.43. The topological polar surface area (TPSA) is 70.3 Å². The molecule has 1 saturated heterocycles. The van der Waals surface area contributed by atoms with Crippen molar-refractivity contribution < 1.29 is 10.0 Å². The summed E-state index contributed by atoms with van der Waals surface area (Å²) in [6.07, 6.45) is 3.14. The fraction of sp³-hybridized carbons (Fsp3) is 0.500. The van der Waals surface area contributed by atoms with Gasteiger partial charge in [0, 0.05) is 30.9 Å². The van der Waals surface area contributed by atoms with Crippen molar-refractivity contribution in [3.63, 3.8) is 0 Å². The van der Waals surface area contributed by atoms with Crippen molar-refractivity contribution in [3.05, 3.63) is 12.4 Å². The molecule has 0 atom stereocenters. The monoisotopic (exact) mass is 167 g/mol. The third-order valence-electron chi connectivity index (χ3n) is 2.05. The zero-order valence-corrected chi connectivity index (χ0v) is 6.51. The van der Waals surface area contributed by atoms with E-state index < -0.39 is 7.12 Å². The van der Waals surface area contributed by atoms with Gasteiger partial charge in [0.25, 0.3) is 0 Å². The zero-order chi connectivity index (χ0) is 8.55. The van der Waals surface area contributed by atoms with Gasteiger partial charge in [0.15, 0.2) is 0 Å². The van der Waals surface area contributed by atoms with Gasteiger partial charge in [-0.15, -0.1) is 0 Å². The van der Waals surface area contributed by atoms with E-state index in [4.69, 9.17) is 10.0 Å². The Morgan fingerprint density at radius 2 is 2.33 bits per heavy atom. The molecule has 0 saturated carbocycles. The Bertz CT molecular complexity index is 272. The van der Waals surface area contributed by atoms with Gasteiger partial charge in [-0.3, -0.25) is 4.68 Å². The van der Waals surface area contributed by atoms with Crippen molar-refractivity contribution in [2.24, 2.45) is 0 Å². The highest BCUT2D eigenvalue weighted by molar-refractivity contribution is 6.58. The summed E-state index contributed by atoms with van der Waals surface area (Å²) < 4.78 is 1.76. The quantitative estimate of drug-likeness (QED) is 0.433. The van der Waals surface area contributed by atoms with Crippen molar-refractivity contribution in [1.82, 2.24) is 15.1 Å².